The van der Waals surface area contributed by atoms with Crippen LogP contribution in [0.5, 0.6) is 0 Å². The molecule has 21 heavy (non-hydrogen) atoms. The predicted molar refractivity (Wildman–Crippen MR) is 87.5 cm³/mol. The summed E-state index contributed by atoms with van der Waals surface area (Å²) in [5, 5.41) is 5.36. The number of hydrogen-bond donors (Lipinski definition) is 1. The maximum Gasteiger partial charge on any atom is 0.237 e. The van der Waals surface area contributed by atoms with Crippen molar-refractivity contribution in [2.24, 2.45) is 5.92 Å². The summed E-state index contributed by atoms with van der Waals surface area (Å²) in [5.74, 6) is 0.916. The molecule has 2 heterocycles. The summed E-state index contributed by atoms with van der Waals surface area (Å²) in [6, 6.07) is 2.19. The molecule has 1 atom stereocenters. The van der Waals surface area contributed by atoms with Crippen molar-refractivity contribution >= 4 is 17.2 Å². The maximum absolute atomic E-state index is 12.4. The van der Waals surface area contributed by atoms with Crippen LogP contribution in [0, 0.1) is 5.92 Å². The molecule has 1 saturated carbocycles. The second-order valence-corrected chi connectivity index (χ2v) is 7.52. The predicted octanol–water partition coefficient (Wildman–Crippen LogP) is 3.19. The van der Waals surface area contributed by atoms with Crippen molar-refractivity contribution in [1.29, 1.82) is 0 Å². The highest BCUT2D eigenvalue weighted by molar-refractivity contribution is 7.10. The normalized spacial score (nSPS) is 21.8. The fourth-order valence-corrected chi connectivity index (χ4v) is 4.44. The lowest BCUT2D eigenvalue weighted by molar-refractivity contribution is -0.126. The minimum absolute atomic E-state index is 0.0124. The van der Waals surface area contributed by atoms with Crippen LogP contribution in [0.1, 0.15) is 49.5 Å². The number of amides is 1. The Balaban J connectivity index is 1.48. The molecular weight excluding hydrogens is 280 g/mol. The number of nitrogens with zero attached hydrogens (tertiary/aromatic N) is 1. The van der Waals surface area contributed by atoms with Crippen molar-refractivity contribution in [2.75, 3.05) is 13.1 Å². The second kappa shape index (κ2) is 6.93. The van der Waals surface area contributed by atoms with Crippen molar-refractivity contribution < 1.29 is 4.79 Å². The number of fused-ring (bicyclic) bond motifs is 1. The topological polar surface area (TPSA) is 32.3 Å². The summed E-state index contributed by atoms with van der Waals surface area (Å²) < 4.78 is 0. The van der Waals surface area contributed by atoms with Crippen LogP contribution < -0.4 is 5.32 Å². The van der Waals surface area contributed by atoms with Gasteiger partial charge in [-0.1, -0.05) is 19.3 Å². The van der Waals surface area contributed by atoms with Gasteiger partial charge in [-0.05, 0) is 49.1 Å². The van der Waals surface area contributed by atoms with E-state index in [1.807, 2.05) is 18.3 Å². The van der Waals surface area contributed by atoms with Crippen molar-refractivity contribution in [1.82, 2.24) is 10.2 Å². The molecule has 0 bridgehead atoms. The van der Waals surface area contributed by atoms with Gasteiger partial charge in [-0.3, -0.25) is 9.69 Å². The molecule has 1 amide bonds. The third kappa shape index (κ3) is 3.67. The summed E-state index contributed by atoms with van der Waals surface area (Å²) in [6.45, 7) is 4.86. The number of carbonyl (C=O) groups is 1. The highest BCUT2D eigenvalue weighted by atomic mass is 32.1. The number of thiophene rings is 1. The average Bonchev–Trinajstić information content (AvgIpc) is 3.00. The quantitative estimate of drug-likeness (QED) is 0.926. The number of carbonyl (C=O) groups excluding carboxylic acids is 1. The minimum Gasteiger partial charge on any atom is -0.354 e. The highest BCUT2D eigenvalue weighted by Crippen LogP contribution is 2.25. The lowest BCUT2D eigenvalue weighted by atomic mass is 9.89. The first-order valence-corrected chi connectivity index (χ1v) is 9.19. The van der Waals surface area contributed by atoms with Gasteiger partial charge in [0.25, 0.3) is 0 Å². The van der Waals surface area contributed by atoms with Crippen LogP contribution in [0.25, 0.3) is 0 Å². The van der Waals surface area contributed by atoms with Crippen LogP contribution in [-0.2, 0) is 17.8 Å². The summed E-state index contributed by atoms with van der Waals surface area (Å²) >= 11 is 1.85. The number of rotatable bonds is 4. The molecule has 4 heteroatoms. The molecule has 0 saturated heterocycles. The molecule has 1 aliphatic carbocycles. The maximum atomic E-state index is 12.4. The molecule has 1 fully saturated rings. The third-order valence-corrected chi connectivity index (χ3v) is 6.08. The van der Waals surface area contributed by atoms with E-state index in [1.54, 1.807) is 0 Å². The molecule has 1 N–H and O–H groups in total. The summed E-state index contributed by atoms with van der Waals surface area (Å²) in [6.07, 6.45) is 7.71. The molecule has 0 aromatic carbocycles. The van der Waals surface area contributed by atoms with E-state index in [9.17, 15) is 4.79 Å². The number of hydrogen-bond acceptors (Lipinski definition) is 3. The fourth-order valence-electron chi connectivity index (χ4n) is 3.55. The second-order valence-electron chi connectivity index (χ2n) is 6.51. The van der Waals surface area contributed by atoms with Crippen LogP contribution in [-0.4, -0.2) is 29.9 Å². The first kappa shape index (κ1) is 15.0. The van der Waals surface area contributed by atoms with E-state index in [4.69, 9.17) is 0 Å². The van der Waals surface area contributed by atoms with E-state index in [-0.39, 0.29) is 11.9 Å². The van der Waals surface area contributed by atoms with Gasteiger partial charge < -0.3 is 5.32 Å². The van der Waals surface area contributed by atoms with Crippen molar-refractivity contribution in [3.05, 3.63) is 21.9 Å². The third-order valence-electron chi connectivity index (χ3n) is 5.05. The van der Waals surface area contributed by atoms with Gasteiger partial charge in [0.2, 0.25) is 5.91 Å². The van der Waals surface area contributed by atoms with Crippen molar-refractivity contribution in [2.45, 2.75) is 58.0 Å². The molecule has 2 aliphatic rings. The van der Waals surface area contributed by atoms with Gasteiger partial charge in [-0.15, -0.1) is 11.3 Å². The Labute approximate surface area is 131 Å². The van der Waals surface area contributed by atoms with Crippen LogP contribution in [0.15, 0.2) is 11.4 Å². The monoisotopic (exact) mass is 306 g/mol. The smallest absolute Gasteiger partial charge is 0.237 e. The van der Waals surface area contributed by atoms with Gasteiger partial charge in [0.15, 0.2) is 0 Å². The molecule has 1 aromatic rings. The zero-order valence-corrected chi connectivity index (χ0v) is 13.8. The van der Waals surface area contributed by atoms with Crippen LogP contribution in [0.2, 0.25) is 0 Å². The summed E-state index contributed by atoms with van der Waals surface area (Å²) in [5.41, 5.74) is 1.41. The minimum atomic E-state index is -0.0124. The van der Waals surface area contributed by atoms with E-state index in [0.717, 1.165) is 26.1 Å². The van der Waals surface area contributed by atoms with Crippen LogP contribution in [0.3, 0.4) is 0 Å². The molecule has 3 nitrogen and oxygen atoms in total. The fraction of sp³-hybridized carbons (Fsp3) is 0.706. The van der Waals surface area contributed by atoms with Crippen LogP contribution >= 0.6 is 11.3 Å². The van der Waals surface area contributed by atoms with E-state index in [0.29, 0.717) is 5.92 Å². The standard InChI is InChI=1S/C17H26N2OS/c1-13(17(20)18-11-14-5-3-2-4-6-14)19-9-7-16-15(12-19)8-10-21-16/h8,10,13-14H,2-7,9,11-12H2,1H3,(H,18,20). The zero-order valence-electron chi connectivity index (χ0n) is 12.9. The molecule has 1 aliphatic heterocycles. The summed E-state index contributed by atoms with van der Waals surface area (Å²) in [7, 11) is 0. The molecule has 1 aromatic heterocycles. The van der Waals surface area contributed by atoms with E-state index < -0.39 is 0 Å². The van der Waals surface area contributed by atoms with Gasteiger partial charge in [-0.25, -0.2) is 0 Å². The SMILES string of the molecule is CC(C(=O)NCC1CCCCC1)N1CCc2sccc2C1. The Bertz CT molecular complexity index is 479. The largest absolute Gasteiger partial charge is 0.354 e. The molecule has 3 rings (SSSR count). The Morgan fingerprint density at radius 1 is 1.43 bits per heavy atom. The van der Waals surface area contributed by atoms with Crippen molar-refractivity contribution in [3.8, 4) is 0 Å². The van der Waals surface area contributed by atoms with Gasteiger partial charge in [0, 0.05) is 24.5 Å². The Kier molecular flexibility index (Phi) is 4.96. The molecular formula is C17H26N2OS. The van der Waals surface area contributed by atoms with Crippen LogP contribution in [0.4, 0.5) is 0 Å². The van der Waals surface area contributed by atoms with E-state index >= 15 is 0 Å². The lowest BCUT2D eigenvalue weighted by Gasteiger charge is -2.32. The van der Waals surface area contributed by atoms with E-state index in [1.165, 1.54) is 42.5 Å². The van der Waals surface area contributed by atoms with Gasteiger partial charge >= 0.3 is 0 Å². The molecule has 0 radical (unpaired) electrons. The molecule has 116 valence electrons. The highest BCUT2D eigenvalue weighted by Gasteiger charge is 2.26. The Morgan fingerprint density at radius 2 is 2.24 bits per heavy atom. The van der Waals surface area contributed by atoms with Crippen molar-refractivity contribution in [3.63, 3.8) is 0 Å². The first-order valence-electron chi connectivity index (χ1n) is 8.31. The summed E-state index contributed by atoms with van der Waals surface area (Å²) in [4.78, 5) is 16.2. The van der Waals surface area contributed by atoms with Gasteiger partial charge in [0.05, 0.1) is 6.04 Å². The molecule has 0 spiro atoms. The lowest BCUT2D eigenvalue weighted by Crippen LogP contribution is -2.47. The first-order chi connectivity index (χ1) is 10.2. The van der Waals surface area contributed by atoms with E-state index in [2.05, 4.69) is 21.7 Å². The van der Waals surface area contributed by atoms with Gasteiger partial charge in [0.1, 0.15) is 0 Å². The zero-order chi connectivity index (χ0) is 14.7. The number of nitrogens with one attached hydrogen (secondary N) is 1. The Morgan fingerprint density at radius 3 is 3.05 bits per heavy atom. The Hall–Kier alpha value is -0.870. The van der Waals surface area contributed by atoms with Gasteiger partial charge in [-0.2, -0.15) is 0 Å². The molecule has 1 unspecified atom stereocenters. The average molecular weight is 306 g/mol.